The number of aryl methyl sites for hydroxylation is 1. The molecule has 526 valence electrons. The Kier molecular flexibility index (Phi) is 16.1. The molecule has 14 heteroatoms. The lowest BCUT2D eigenvalue weighted by Gasteiger charge is -2.14. The molecule has 0 aliphatic heterocycles. The largest absolute Gasteiger partial charge is 0.255 e. The topological polar surface area (TPSA) is 180 Å². The molecule has 0 aliphatic carbocycles. The fourth-order valence-corrected chi connectivity index (χ4v) is 16.3. The number of nitrogens with zero attached hydrogens (tertiary/aromatic N) is 14. The summed E-state index contributed by atoms with van der Waals surface area (Å²) in [6.07, 6.45) is 12.7. The average Bonchev–Trinajstić information content (AvgIpc) is 0.747. The van der Waals surface area contributed by atoms with Gasteiger partial charge in [-0.15, -0.1) is 0 Å². The molecule has 0 aliphatic rings. The van der Waals surface area contributed by atoms with Crippen molar-refractivity contribution in [3.63, 3.8) is 0 Å². The maximum Gasteiger partial charge on any atom is 0.162 e. The summed E-state index contributed by atoms with van der Waals surface area (Å²) in [6.45, 7) is 2.08. The van der Waals surface area contributed by atoms with Crippen LogP contribution in [-0.4, -0.2) is 69.8 Å². The predicted molar refractivity (Wildman–Crippen MR) is 459 cm³/mol. The Morgan fingerprint density at radius 1 is 0.186 bits per heavy atom. The van der Waals surface area contributed by atoms with Crippen molar-refractivity contribution < 1.29 is 0 Å². The van der Waals surface area contributed by atoms with E-state index in [0.29, 0.717) is 17.5 Å². The molecule has 0 bridgehead atoms. The van der Waals surface area contributed by atoms with Gasteiger partial charge in [0.1, 0.15) is 38.0 Å². The first-order valence-electron chi connectivity index (χ1n) is 37.3. The fourth-order valence-electron chi connectivity index (χ4n) is 16.3. The Labute approximate surface area is 645 Å². The minimum absolute atomic E-state index is 0.626. The zero-order valence-corrected chi connectivity index (χ0v) is 60.7. The second-order valence-electron chi connectivity index (χ2n) is 28.1. The van der Waals surface area contributed by atoms with Crippen LogP contribution >= 0.6 is 0 Å². The number of benzene rings is 15. The van der Waals surface area contributed by atoms with Crippen LogP contribution in [0, 0.1) is 6.92 Å². The lowest BCUT2D eigenvalue weighted by atomic mass is 9.91. The zero-order valence-electron chi connectivity index (χ0n) is 60.7. The molecule has 0 fully saturated rings. The van der Waals surface area contributed by atoms with E-state index in [2.05, 4.69) is 317 Å². The highest BCUT2D eigenvalue weighted by Crippen LogP contribution is 2.44. The van der Waals surface area contributed by atoms with Crippen molar-refractivity contribution in [1.29, 1.82) is 0 Å². The molecule has 0 unspecified atom stereocenters. The maximum atomic E-state index is 5.13. The summed E-state index contributed by atoms with van der Waals surface area (Å²) in [5, 5.41) is 27.4. The smallest absolute Gasteiger partial charge is 0.162 e. The van der Waals surface area contributed by atoms with Crippen LogP contribution in [0.2, 0.25) is 0 Å². The van der Waals surface area contributed by atoms with Crippen molar-refractivity contribution in [2.75, 3.05) is 0 Å². The molecule has 0 saturated heterocycles. The van der Waals surface area contributed by atoms with E-state index in [1.54, 1.807) is 0 Å². The van der Waals surface area contributed by atoms with E-state index in [0.717, 1.165) is 127 Å². The summed E-state index contributed by atoms with van der Waals surface area (Å²) in [6, 6.07) is 105. The van der Waals surface area contributed by atoms with Crippen molar-refractivity contribution in [3.8, 4) is 79.3 Å². The standard InChI is InChI=1S/C41H26N4.C31H19N.C27H15N9/c1-25-11-19-36(44-39(25)38-10-4-5-21-42-38)28-14-17-32-33-18-15-29(24-35(33)31-9-3-2-8-30(31)34(32)23-28)37-20-16-27-13-12-26-7-6-22-43-40(26)41(27)45-37;1-2-8-23-20(7-1)13-14-21-16-18-30(32-31(21)23)22-15-17-28-26-11-4-3-9-24(26)25-10-5-6-12-27(25)29(28)19-22;1-4-19-22(7-16(1)25-31-10-28-11-32-25)20-5-2-18(27-35-14-30-15-36-27)9-24(20)21-6-3-17(8-23(19)21)26-33-12-29-13-34-26/h2-24H,1H3;1-19H;1-15H. The highest BCUT2D eigenvalue weighted by Gasteiger charge is 2.19. The third-order valence-electron chi connectivity index (χ3n) is 21.7. The van der Waals surface area contributed by atoms with Gasteiger partial charge >= 0.3 is 0 Å². The zero-order chi connectivity index (χ0) is 74.9. The fraction of sp³-hybridized carbons (Fsp3) is 0.0101. The van der Waals surface area contributed by atoms with Gasteiger partial charge in [0.05, 0.1) is 45.0 Å². The molecule has 15 aromatic carbocycles. The number of rotatable bonds is 7. The van der Waals surface area contributed by atoms with Crippen LogP contribution in [0.5, 0.6) is 0 Å². The van der Waals surface area contributed by atoms with Gasteiger partial charge in [-0.1, -0.05) is 224 Å². The van der Waals surface area contributed by atoms with Crippen molar-refractivity contribution >= 4 is 140 Å². The normalized spacial score (nSPS) is 11.6. The van der Waals surface area contributed by atoms with Gasteiger partial charge in [0.25, 0.3) is 0 Å². The molecule has 23 rings (SSSR count). The molecular weight excluding hydrogens is 1390 g/mol. The number of hydrogen-bond acceptors (Lipinski definition) is 14. The number of fused-ring (bicyclic) bond motifs is 24. The molecule has 0 radical (unpaired) electrons. The van der Waals surface area contributed by atoms with Gasteiger partial charge in [0, 0.05) is 67.3 Å². The highest BCUT2D eigenvalue weighted by molar-refractivity contribution is 6.29. The maximum absolute atomic E-state index is 5.13. The first-order valence-corrected chi connectivity index (χ1v) is 37.3. The summed E-state index contributed by atoms with van der Waals surface area (Å²) in [7, 11) is 0. The van der Waals surface area contributed by atoms with E-state index < -0.39 is 0 Å². The number of aromatic nitrogens is 14. The summed E-state index contributed by atoms with van der Waals surface area (Å²) < 4.78 is 0. The highest BCUT2D eigenvalue weighted by atomic mass is 15.0. The van der Waals surface area contributed by atoms with Gasteiger partial charge < -0.3 is 0 Å². The molecule has 0 saturated carbocycles. The van der Waals surface area contributed by atoms with E-state index >= 15 is 0 Å². The predicted octanol–water partition coefficient (Wildman–Crippen LogP) is 23.6. The minimum atomic E-state index is 0.626. The van der Waals surface area contributed by atoms with E-state index in [1.165, 1.54) is 119 Å². The van der Waals surface area contributed by atoms with Crippen molar-refractivity contribution in [2.45, 2.75) is 6.92 Å². The van der Waals surface area contributed by atoms with Crippen LogP contribution in [0.15, 0.2) is 348 Å². The van der Waals surface area contributed by atoms with Gasteiger partial charge in [-0.2, -0.15) is 0 Å². The van der Waals surface area contributed by atoms with Gasteiger partial charge in [-0.3, -0.25) is 9.97 Å². The SMILES string of the molecule is Cc1ccc(-c2ccc3c4ccc(-c5ccc6ccc7cccnc7c6n5)cc4c4ccccc4c3c2)nc1-c1ccccn1.c1ccc2c(c1)ccc1ccc(-c3ccc4c5ccccc5c5ccccc5c4c3)nc12.c1ncnc(-c2ccc3c(c2)c2ccc(-c4ncncn4)cc2c2ccc(-c4ncncn4)cc32)n1. The second-order valence-corrected chi connectivity index (χ2v) is 28.1. The molecule has 113 heavy (non-hydrogen) atoms. The molecule has 23 aromatic rings. The van der Waals surface area contributed by atoms with Crippen LogP contribution in [0.25, 0.3) is 220 Å². The molecule has 0 N–H and O–H groups in total. The molecule has 14 nitrogen and oxygen atoms in total. The van der Waals surface area contributed by atoms with E-state index in [-0.39, 0.29) is 0 Å². The number of pyridine rings is 5. The first-order chi connectivity index (χ1) is 55.9. The third kappa shape index (κ3) is 11.8. The summed E-state index contributed by atoms with van der Waals surface area (Å²) >= 11 is 0. The third-order valence-corrected chi connectivity index (χ3v) is 21.7. The molecule has 0 amide bonds. The number of hydrogen-bond donors (Lipinski definition) is 0. The lowest BCUT2D eigenvalue weighted by molar-refractivity contribution is 1.06. The van der Waals surface area contributed by atoms with Gasteiger partial charge in [-0.25, -0.2) is 59.8 Å². The molecule has 0 spiro atoms. The Balaban J connectivity index is 0.000000108. The van der Waals surface area contributed by atoms with Gasteiger partial charge in [0.2, 0.25) is 0 Å². The van der Waals surface area contributed by atoms with E-state index in [9.17, 15) is 0 Å². The van der Waals surface area contributed by atoms with Crippen molar-refractivity contribution in [3.05, 3.63) is 353 Å². The van der Waals surface area contributed by atoms with E-state index in [1.807, 2.05) is 54.9 Å². The van der Waals surface area contributed by atoms with Crippen LogP contribution in [0.3, 0.4) is 0 Å². The molecule has 8 heterocycles. The van der Waals surface area contributed by atoms with Crippen LogP contribution in [0.1, 0.15) is 5.56 Å². The second kappa shape index (κ2) is 27.6. The van der Waals surface area contributed by atoms with Gasteiger partial charge in [-0.05, 0) is 188 Å². The Morgan fingerprint density at radius 3 is 0.938 bits per heavy atom. The van der Waals surface area contributed by atoms with Crippen LogP contribution < -0.4 is 0 Å². The Morgan fingerprint density at radius 2 is 0.496 bits per heavy atom. The summed E-state index contributed by atoms with van der Waals surface area (Å²) in [5.74, 6) is 1.88. The van der Waals surface area contributed by atoms with Crippen molar-refractivity contribution in [1.82, 2.24) is 69.8 Å². The quantitative estimate of drug-likeness (QED) is 0.137. The lowest BCUT2D eigenvalue weighted by Crippen LogP contribution is -1.94. The molecule has 8 aromatic heterocycles. The minimum Gasteiger partial charge on any atom is -0.255 e. The van der Waals surface area contributed by atoms with E-state index in [4.69, 9.17) is 15.0 Å². The molecular formula is C99H60N14. The Bertz CT molecular complexity index is 7460. The Hall–Kier alpha value is -15.5. The van der Waals surface area contributed by atoms with Gasteiger partial charge in [0.15, 0.2) is 17.5 Å². The van der Waals surface area contributed by atoms with Crippen LogP contribution in [-0.2, 0) is 0 Å². The average molecular weight is 1450 g/mol. The summed E-state index contributed by atoms with van der Waals surface area (Å²) in [5.41, 5.74) is 14.8. The first kappa shape index (κ1) is 65.7. The molecule has 0 atom stereocenters. The summed E-state index contributed by atoms with van der Waals surface area (Å²) in [4.78, 5) is 62.4. The monoisotopic (exact) mass is 1440 g/mol. The van der Waals surface area contributed by atoms with Crippen molar-refractivity contribution in [2.24, 2.45) is 0 Å². The van der Waals surface area contributed by atoms with Crippen LogP contribution in [0.4, 0.5) is 0 Å².